The van der Waals surface area contributed by atoms with E-state index in [1.54, 1.807) is 0 Å². The molecule has 1 unspecified atom stereocenters. The Bertz CT molecular complexity index is 761. The highest BCUT2D eigenvalue weighted by atomic mass is 32.2. The Morgan fingerprint density at radius 2 is 1.73 bits per heavy atom. The van der Waals surface area contributed by atoms with Gasteiger partial charge in [-0.3, -0.25) is 4.79 Å². The second-order valence-electron chi connectivity index (χ2n) is 7.19. The van der Waals surface area contributed by atoms with Gasteiger partial charge in [-0.25, -0.2) is 17.9 Å². The molecule has 7 nitrogen and oxygen atoms in total. The molecular weight excluding hydrogens is 354 g/mol. The molecule has 1 atom stereocenters. The summed E-state index contributed by atoms with van der Waals surface area (Å²) in [6.45, 7) is 8.35. The molecule has 1 aliphatic heterocycles. The molecule has 1 heterocycles. The lowest BCUT2D eigenvalue weighted by atomic mass is 9.93. The van der Waals surface area contributed by atoms with Crippen LogP contribution in [-0.2, 0) is 14.8 Å². The second-order valence-corrected chi connectivity index (χ2v) is 9.15. The minimum atomic E-state index is -3.92. The van der Waals surface area contributed by atoms with Gasteiger partial charge in [-0.2, -0.15) is 0 Å². The van der Waals surface area contributed by atoms with Crippen LogP contribution in [0.2, 0.25) is 0 Å². The van der Waals surface area contributed by atoms with Crippen LogP contribution in [0.1, 0.15) is 63.5 Å². The van der Waals surface area contributed by atoms with Crippen molar-refractivity contribution >= 4 is 27.6 Å². The summed E-state index contributed by atoms with van der Waals surface area (Å²) >= 11 is 0. The number of urea groups is 1. The molecule has 144 valence electrons. The van der Waals surface area contributed by atoms with E-state index in [1.165, 1.54) is 0 Å². The van der Waals surface area contributed by atoms with Crippen molar-refractivity contribution in [2.75, 3.05) is 11.9 Å². The number of hydrogen-bond acceptors (Lipinski definition) is 4. The van der Waals surface area contributed by atoms with E-state index in [2.05, 4.69) is 15.4 Å². The van der Waals surface area contributed by atoms with Gasteiger partial charge in [0.05, 0.1) is 5.25 Å². The third kappa shape index (κ3) is 4.75. The molecule has 0 radical (unpaired) electrons. The van der Waals surface area contributed by atoms with E-state index in [4.69, 9.17) is 0 Å². The standard InChI is InChI=1S/C18H27N3O4S/c1-11(2)14-6-5-7-15(12(3)4)17(14)20-18(23)21-26(24,25)13-8-9-19-16(22)10-13/h5-7,11-13H,8-10H2,1-4H3,(H,19,22)(H2,20,21,23). The maximum Gasteiger partial charge on any atom is 0.332 e. The first-order valence-corrected chi connectivity index (χ1v) is 10.4. The monoisotopic (exact) mass is 381 g/mol. The first-order valence-electron chi connectivity index (χ1n) is 8.84. The predicted octanol–water partition coefficient (Wildman–Crippen LogP) is 2.66. The quantitative estimate of drug-likeness (QED) is 0.729. The summed E-state index contributed by atoms with van der Waals surface area (Å²) in [6, 6.07) is 4.98. The summed E-state index contributed by atoms with van der Waals surface area (Å²) in [4.78, 5) is 23.8. The van der Waals surface area contributed by atoms with Crippen LogP contribution in [0.3, 0.4) is 0 Å². The molecule has 3 N–H and O–H groups in total. The van der Waals surface area contributed by atoms with E-state index < -0.39 is 21.3 Å². The molecule has 8 heteroatoms. The van der Waals surface area contributed by atoms with E-state index in [-0.39, 0.29) is 30.6 Å². The summed E-state index contributed by atoms with van der Waals surface area (Å²) < 4.78 is 26.9. The maximum absolute atomic E-state index is 12.4. The fourth-order valence-corrected chi connectivity index (χ4v) is 4.34. The molecule has 0 saturated carbocycles. The van der Waals surface area contributed by atoms with Crippen LogP contribution in [0.4, 0.5) is 10.5 Å². The van der Waals surface area contributed by atoms with Crippen LogP contribution in [0, 0.1) is 0 Å². The van der Waals surface area contributed by atoms with Crippen molar-refractivity contribution in [1.82, 2.24) is 10.0 Å². The van der Waals surface area contributed by atoms with Gasteiger partial charge in [0, 0.05) is 18.7 Å². The smallest absolute Gasteiger partial charge is 0.332 e. The van der Waals surface area contributed by atoms with Crippen LogP contribution in [0.25, 0.3) is 0 Å². The zero-order valence-corrected chi connectivity index (χ0v) is 16.4. The Kier molecular flexibility index (Phi) is 6.28. The molecule has 2 rings (SSSR count). The van der Waals surface area contributed by atoms with Crippen LogP contribution >= 0.6 is 0 Å². The van der Waals surface area contributed by atoms with Crippen molar-refractivity contribution in [3.05, 3.63) is 29.3 Å². The minimum Gasteiger partial charge on any atom is -0.356 e. The van der Waals surface area contributed by atoms with Gasteiger partial charge >= 0.3 is 6.03 Å². The number of hydrogen-bond donors (Lipinski definition) is 3. The minimum absolute atomic E-state index is 0.136. The Morgan fingerprint density at radius 1 is 1.15 bits per heavy atom. The Balaban J connectivity index is 2.21. The van der Waals surface area contributed by atoms with Gasteiger partial charge in [0.2, 0.25) is 15.9 Å². The van der Waals surface area contributed by atoms with E-state index in [9.17, 15) is 18.0 Å². The molecule has 1 saturated heterocycles. The van der Waals surface area contributed by atoms with Gasteiger partial charge in [0.25, 0.3) is 0 Å². The first kappa shape index (κ1) is 20.2. The number of rotatable bonds is 5. The highest BCUT2D eigenvalue weighted by molar-refractivity contribution is 7.90. The Labute approximate surface area is 155 Å². The molecule has 3 amide bonds. The van der Waals surface area contributed by atoms with E-state index in [0.29, 0.717) is 12.2 Å². The van der Waals surface area contributed by atoms with Crippen molar-refractivity contribution in [3.63, 3.8) is 0 Å². The van der Waals surface area contributed by atoms with Gasteiger partial charge in [0.1, 0.15) is 0 Å². The molecule has 0 aromatic heterocycles. The lowest BCUT2D eigenvalue weighted by Gasteiger charge is -2.23. The van der Waals surface area contributed by atoms with Crippen LogP contribution < -0.4 is 15.4 Å². The fourth-order valence-electron chi connectivity index (χ4n) is 3.07. The third-order valence-electron chi connectivity index (χ3n) is 4.49. The zero-order valence-electron chi connectivity index (χ0n) is 15.6. The van der Waals surface area contributed by atoms with Crippen molar-refractivity contribution < 1.29 is 18.0 Å². The molecule has 1 fully saturated rings. The van der Waals surface area contributed by atoms with Crippen LogP contribution in [-0.4, -0.2) is 32.2 Å². The molecule has 0 bridgehead atoms. The van der Waals surface area contributed by atoms with Crippen molar-refractivity contribution in [3.8, 4) is 0 Å². The Morgan fingerprint density at radius 3 is 2.23 bits per heavy atom. The molecule has 1 aromatic rings. The summed E-state index contributed by atoms with van der Waals surface area (Å²) in [6.07, 6.45) is 0.149. The Hall–Kier alpha value is -2.09. The second kappa shape index (κ2) is 8.07. The first-order chi connectivity index (χ1) is 12.1. The highest BCUT2D eigenvalue weighted by Gasteiger charge is 2.32. The van der Waals surface area contributed by atoms with Gasteiger partial charge in [-0.15, -0.1) is 0 Å². The number of piperidine rings is 1. The lowest BCUT2D eigenvalue weighted by Crippen LogP contribution is -2.46. The summed E-state index contributed by atoms with van der Waals surface area (Å²) in [5.41, 5.74) is 2.54. The lowest BCUT2D eigenvalue weighted by molar-refractivity contribution is -0.122. The maximum atomic E-state index is 12.4. The summed E-state index contributed by atoms with van der Waals surface area (Å²) in [7, 11) is -3.92. The molecule has 0 spiro atoms. The molecular formula is C18H27N3O4S. The SMILES string of the molecule is CC(C)c1cccc(C(C)C)c1NC(=O)NS(=O)(=O)C1CCNC(=O)C1. The zero-order chi connectivity index (χ0) is 19.5. The summed E-state index contributed by atoms with van der Waals surface area (Å²) in [5, 5.41) is 4.41. The number of anilines is 1. The van der Waals surface area contributed by atoms with Gasteiger partial charge < -0.3 is 10.6 Å². The van der Waals surface area contributed by atoms with Crippen molar-refractivity contribution in [1.29, 1.82) is 0 Å². The molecule has 0 aliphatic carbocycles. The van der Waals surface area contributed by atoms with Crippen LogP contribution in [0.5, 0.6) is 0 Å². The normalized spacial score (nSPS) is 17.9. The van der Waals surface area contributed by atoms with E-state index in [1.807, 2.05) is 45.9 Å². The predicted molar refractivity (Wildman–Crippen MR) is 102 cm³/mol. The average molecular weight is 381 g/mol. The topological polar surface area (TPSA) is 104 Å². The van der Waals surface area contributed by atoms with Gasteiger partial charge in [-0.05, 0) is 29.4 Å². The molecule has 26 heavy (non-hydrogen) atoms. The average Bonchev–Trinajstić information content (AvgIpc) is 2.54. The van der Waals surface area contributed by atoms with E-state index >= 15 is 0 Å². The van der Waals surface area contributed by atoms with Crippen molar-refractivity contribution in [2.24, 2.45) is 0 Å². The number of carbonyl (C=O) groups is 2. The molecule has 1 aromatic carbocycles. The van der Waals surface area contributed by atoms with Gasteiger partial charge in [-0.1, -0.05) is 45.9 Å². The third-order valence-corrected chi connectivity index (χ3v) is 6.24. The number of carbonyl (C=O) groups excluding carboxylic acids is 2. The van der Waals surface area contributed by atoms with Crippen molar-refractivity contribution in [2.45, 2.75) is 57.6 Å². The van der Waals surface area contributed by atoms with Crippen LogP contribution in [0.15, 0.2) is 18.2 Å². The fraction of sp³-hybridized carbons (Fsp3) is 0.556. The number of nitrogens with one attached hydrogen (secondary N) is 3. The highest BCUT2D eigenvalue weighted by Crippen LogP contribution is 2.32. The number of benzene rings is 1. The van der Waals surface area contributed by atoms with E-state index in [0.717, 1.165) is 11.1 Å². The largest absolute Gasteiger partial charge is 0.356 e. The molecule has 1 aliphatic rings. The summed E-state index contributed by atoms with van der Waals surface area (Å²) in [5.74, 6) is 0.0181. The number of sulfonamides is 1. The number of amides is 3. The number of para-hydroxylation sites is 1. The van der Waals surface area contributed by atoms with Gasteiger partial charge in [0.15, 0.2) is 0 Å².